The molecule has 0 unspecified atom stereocenters. The summed E-state index contributed by atoms with van der Waals surface area (Å²) in [6.45, 7) is 4.83. The fraction of sp³-hybridized carbons (Fsp3) is 0.545. The zero-order valence-corrected chi connectivity index (χ0v) is 10.7. The predicted octanol–water partition coefficient (Wildman–Crippen LogP) is 1.05. The first-order valence-corrected chi connectivity index (χ1v) is 5.94. The van der Waals surface area contributed by atoms with E-state index in [4.69, 9.17) is 5.73 Å². The molecule has 1 rings (SSSR count). The molecule has 0 aromatic carbocycles. The SMILES string of the molecule is CN(Cc1cc(C(N)=O)cs1)CC(C)(C)O. The van der Waals surface area contributed by atoms with Crippen LogP contribution in [0.15, 0.2) is 11.4 Å². The van der Waals surface area contributed by atoms with Crippen molar-refractivity contribution >= 4 is 17.2 Å². The van der Waals surface area contributed by atoms with Crippen molar-refractivity contribution < 1.29 is 9.90 Å². The van der Waals surface area contributed by atoms with Crippen molar-refractivity contribution in [3.8, 4) is 0 Å². The van der Waals surface area contributed by atoms with Gasteiger partial charge in [0.15, 0.2) is 0 Å². The Hall–Kier alpha value is -0.910. The minimum absolute atomic E-state index is 0.396. The first kappa shape index (κ1) is 13.2. The summed E-state index contributed by atoms with van der Waals surface area (Å²) in [6, 6.07) is 1.80. The number of hydrogen-bond donors (Lipinski definition) is 2. The molecule has 0 aliphatic carbocycles. The molecule has 0 atom stereocenters. The molecule has 0 saturated heterocycles. The van der Waals surface area contributed by atoms with Gasteiger partial charge in [0, 0.05) is 23.3 Å². The topological polar surface area (TPSA) is 66.6 Å². The van der Waals surface area contributed by atoms with Crippen molar-refractivity contribution in [3.63, 3.8) is 0 Å². The van der Waals surface area contributed by atoms with E-state index in [0.717, 1.165) is 4.88 Å². The molecule has 3 N–H and O–H groups in total. The third kappa shape index (κ3) is 4.30. The Bertz CT molecular complexity index is 368. The Morgan fingerprint density at radius 1 is 1.62 bits per heavy atom. The van der Waals surface area contributed by atoms with E-state index >= 15 is 0 Å². The predicted molar refractivity (Wildman–Crippen MR) is 65.5 cm³/mol. The monoisotopic (exact) mass is 242 g/mol. The number of carbonyl (C=O) groups excluding carboxylic acids is 1. The van der Waals surface area contributed by atoms with Crippen LogP contribution in [-0.2, 0) is 6.54 Å². The lowest BCUT2D eigenvalue weighted by Crippen LogP contribution is -2.35. The summed E-state index contributed by atoms with van der Waals surface area (Å²) in [4.78, 5) is 14.0. The van der Waals surface area contributed by atoms with Crippen LogP contribution in [0.5, 0.6) is 0 Å². The van der Waals surface area contributed by atoms with Crippen molar-refractivity contribution in [3.05, 3.63) is 21.9 Å². The number of hydrogen-bond acceptors (Lipinski definition) is 4. The second-order valence-corrected chi connectivity index (χ2v) is 5.65. The Kier molecular flexibility index (Phi) is 4.07. The molecule has 90 valence electrons. The van der Waals surface area contributed by atoms with Crippen LogP contribution in [0.25, 0.3) is 0 Å². The van der Waals surface area contributed by atoms with E-state index in [-0.39, 0.29) is 0 Å². The first-order chi connectivity index (χ1) is 7.28. The molecule has 0 spiro atoms. The standard InChI is InChI=1S/C11H18N2O2S/c1-11(2,15)7-13(3)5-9-4-8(6-16-9)10(12)14/h4,6,15H,5,7H2,1-3H3,(H2,12,14). The van der Waals surface area contributed by atoms with Crippen molar-refractivity contribution in [1.29, 1.82) is 0 Å². The van der Waals surface area contributed by atoms with Gasteiger partial charge in [-0.25, -0.2) is 0 Å². The zero-order valence-electron chi connectivity index (χ0n) is 9.86. The van der Waals surface area contributed by atoms with Gasteiger partial charge in [-0.1, -0.05) is 0 Å². The quantitative estimate of drug-likeness (QED) is 0.811. The average molecular weight is 242 g/mol. The molecule has 0 bridgehead atoms. The van der Waals surface area contributed by atoms with E-state index in [1.165, 1.54) is 11.3 Å². The number of nitrogens with zero attached hydrogens (tertiary/aromatic N) is 1. The average Bonchev–Trinajstić information content (AvgIpc) is 2.48. The van der Waals surface area contributed by atoms with Gasteiger partial charge in [0.2, 0.25) is 5.91 Å². The van der Waals surface area contributed by atoms with Crippen molar-refractivity contribution in [1.82, 2.24) is 4.90 Å². The number of rotatable bonds is 5. The Morgan fingerprint density at radius 3 is 2.69 bits per heavy atom. The number of likely N-dealkylation sites (N-methyl/N-ethyl adjacent to an activating group) is 1. The second kappa shape index (κ2) is 4.95. The molecule has 0 saturated carbocycles. The Labute approximate surface area is 99.7 Å². The van der Waals surface area contributed by atoms with E-state index < -0.39 is 11.5 Å². The van der Waals surface area contributed by atoms with Crippen molar-refractivity contribution in [2.75, 3.05) is 13.6 Å². The summed E-state index contributed by atoms with van der Waals surface area (Å²) in [5, 5.41) is 11.4. The van der Waals surface area contributed by atoms with Crippen LogP contribution in [0, 0.1) is 0 Å². The number of aliphatic hydroxyl groups is 1. The van der Waals surface area contributed by atoms with Crippen LogP contribution < -0.4 is 5.73 Å². The lowest BCUT2D eigenvalue weighted by Gasteiger charge is -2.24. The number of amides is 1. The lowest BCUT2D eigenvalue weighted by molar-refractivity contribution is 0.0427. The summed E-state index contributed by atoms with van der Waals surface area (Å²) < 4.78 is 0. The number of carbonyl (C=O) groups is 1. The third-order valence-corrected chi connectivity index (χ3v) is 2.94. The Balaban J connectivity index is 2.56. The smallest absolute Gasteiger partial charge is 0.249 e. The highest BCUT2D eigenvalue weighted by molar-refractivity contribution is 7.10. The normalized spacial score (nSPS) is 12.1. The highest BCUT2D eigenvalue weighted by Crippen LogP contribution is 2.17. The first-order valence-electron chi connectivity index (χ1n) is 5.06. The molecule has 0 fully saturated rings. The second-order valence-electron chi connectivity index (χ2n) is 4.65. The fourth-order valence-corrected chi connectivity index (χ4v) is 2.53. The lowest BCUT2D eigenvalue weighted by atomic mass is 10.1. The molecular weight excluding hydrogens is 224 g/mol. The Morgan fingerprint density at radius 2 is 2.25 bits per heavy atom. The molecule has 16 heavy (non-hydrogen) atoms. The molecule has 5 heteroatoms. The van der Waals surface area contributed by atoms with Crippen LogP contribution in [0.2, 0.25) is 0 Å². The van der Waals surface area contributed by atoms with Gasteiger partial charge >= 0.3 is 0 Å². The number of nitrogens with two attached hydrogens (primary N) is 1. The third-order valence-electron chi connectivity index (χ3n) is 2.02. The molecule has 1 heterocycles. The van der Waals surface area contributed by atoms with Gasteiger partial charge in [0.25, 0.3) is 0 Å². The molecule has 1 aromatic heterocycles. The molecule has 4 nitrogen and oxygen atoms in total. The van der Waals surface area contributed by atoms with Crippen LogP contribution >= 0.6 is 11.3 Å². The van der Waals surface area contributed by atoms with Crippen LogP contribution in [0.4, 0.5) is 0 Å². The number of thiophene rings is 1. The van der Waals surface area contributed by atoms with Gasteiger partial charge in [-0.2, -0.15) is 0 Å². The van der Waals surface area contributed by atoms with Gasteiger partial charge in [-0.3, -0.25) is 9.69 Å². The molecule has 0 radical (unpaired) electrons. The van der Waals surface area contributed by atoms with E-state index in [2.05, 4.69) is 0 Å². The van der Waals surface area contributed by atoms with Crippen molar-refractivity contribution in [2.24, 2.45) is 5.73 Å². The molecular formula is C11H18N2O2S. The van der Waals surface area contributed by atoms with Gasteiger partial charge in [-0.05, 0) is 27.0 Å². The summed E-state index contributed by atoms with van der Waals surface area (Å²) in [5.41, 5.74) is 5.02. The summed E-state index contributed by atoms with van der Waals surface area (Å²) in [5.74, 6) is -0.396. The highest BCUT2D eigenvalue weighted by atomic mass is 32.1. The molecule has 0 aliphatic heterocycles. The summed E-state index contributed by atoms with van der Waals surface area (Å²) in [6.07, 6.45) is 0. The molecule has 1 amide bonds. The number of primary amides is 1. The molecule has 1 aromatic rings. The van der Waals surface area contributed by atoms with E-state index in [1.807, 2.05) is 11.9 Å². The maximum Gasteiger partial charge on any atom is 0.249 e. The van der Waals surface area contributed by atoms with E-state index in [1.54, 1.807) is 25.3 Å². The van der Waals surface area contributed by atoms with Crippen LogP contribution in [0.3, 0.4) is 0 Å². The van der Waals surface area contributed by atoms with Gasteiger partial charge < -0.3 is 10.8 Å². The minimum atomic E-state index is -0.710. The molecule has 0 aliphatic rings. The highest BCUT2D eigenvalue weighted by Gasteiger charge is 2.16. The van der Waals surface area contributed by atoms with E-state index in [0.29, 0.717) is 18.7 Å². The van der Waals surface area contributed by atoms with Gasteiger partial charge in [-0.15, -0.1) is 11.3 Å². The summed E-state index contributed by atoms with van der Waals surface area (Å²) >= 11 is 1.51. The van der Waals surface area contributed by atoms with Crippen molar-refractivity contribution in [2.45, 2.75) is 26.0 Å². The van der Waals surface area contributed by atoms with E-state index in [9.17, 15) is 9.90 Å². The zero-order chi connectivity index (χ0) is 12.3. The largest absolute Gasteiger partial charge is 0.389 e. The maximum absolute atomic E-state index is 10.9. The maximum atomic E-state index is 10.9. The summed E-state index contributed by atoms with van der Waals surface area (Å²) in [7, 11) is 1.93. The minimum Gasteiger partial charge on any atom is -0.389 e. The van der Waals surface area contributed by atoms with Crippen LogP contribution in [0.1, 0.15) is 29.1 Å². The van der Waals surface area contributed by atoms with Gasteiger partial charge in [0.1, 0.15) is 0 Å². The van der Waals surface area contributed by atoms with Gasteiger partial charge in [0.05, 0.1) is 11.2 Å². The fourth-order valence-electron chi connectivity index (χ4n) is 1.58. The van der Waals surface area contributed by atoms with Crippen LogP contribution in [-0.4, -0.2) is 35.1 Å².